The molecular weight excluding hydrogens is 831 g/mol. The molecule has 3 N–H and O–H groups in total. The second-order valence-corrected chi connectivity index (χ2v) is 17.8. The number of carbonyl (C=O) groups is 6. The van der Waals surface area contributed by atoms with Gasteiger partial charge in [0.15, 0.2) is 29.2 Å². The summed E-state index contributed by atoms with van der Waals surface area (Å²) in [6.07, 6.45) is -9.20. The summed E-state index contributed by atoms with van der Waals surface area (Å²) >= 11 is 0. The Kier molecular flexibility index (Phi) is 11.3. The smallest absolute Gasteiger partial charge is 0.456 e. The Bertz CT molecular complexity index is 2390. The predicted molar refractivity (Wildman–Crippen MR) is 222 cm³/mol. The number of fused-ring (bicyclic) bond motifs is 2. The first kappa shape index (κ1) is 44.7. The highest BCUT2D eigenvalue weighted by molar-refractivity contribution is 5.97. The van der Waals surface area contributed by atoms with Crippen LogP contribution in [0.1, 0.15) is 79.3 Å². The van der Waals surface area contributed by atoms with E-state index in [1.165, 1.54) is 26.2 Å². The second kappa shape index (κ2) is 16.2. The number of amides is 1. The molecule has 0 unspecified atom stereocenters. The molecule has 64 heavy (non-hydrogen) atoms. The Morgan fingerprint density at radius 2 is 1.47 bits per heavy atom. The summed E-state index contributed by atoms with van der Waals surface area (Å²) in [4.78, 5) is 84.6. The van der Waals surface area contributed by atoms with Crippen molar-refractivity contribution in [3.05, 3.63) is 119 Å². The molecule has 3 aromatic carbocycles. The molecule has 16 heteroatoms. The van der Waals surface area contributed by atoms with E-state index in [2.05, 4.69) is 5.32 Å². The number of esters is 3. The van der Waals surface area contributed by atoms with Crippen molar-refractivity contribution in [2.24, 2.45) is 16.7 Å². The fourth-order valence-corrected chi connectivity index (χ4v) is 11.7. The molecule has 1 heterocycles. The van der Waals surface area contributed by atoms with E-state index in [4.69, 9.17) is 33.2 Å². The van der Waals surface area contributed by atoms with E-state index in [1.54, 1.807) is 99.6 Å². The van der Waals surface area contributed by atoms with Crippen LogP contribution in [0.5, 0.6) is 0 Å². The molecular formula is C48H51NO15. The van der Waals surface area contributed by atoms with Gasteiger partial charge in [-0.05, 0) is 54.8 Å². The molecule has 16 nitrogen and oxygen atoms in total. The molecule has 12 atom stereocenters. The molecule has 5 fully saturated rings. The van der Waals surface area contributed by atoms with Crippen LogP contribution in [0.25, 0.3) is 0 Å². The fourth-order valence-electron chi connectivity index (χ4n) is 11.7. The molecule has 9 rings (SSSR count). The number of rotatable bonds is 11. The summed E-state index contributed by atoms with van der Waals surface area (Å²) < 4.78 is 42.0. The van der Waals surface area contributed by atoms with Gasteiger partial charge in [-0.25, -0.2) is 14.4 Å². The summed E-state index contributed by atoms with van der Waals surface area (Å²) in [5, 5.41) is 28.4. The van der Waals surface area contributed by atoms with Crippen LogP contribution >= 0.6 is 0 Å². The maximum atomic E-state index is 15.8. The number of nitrogens with one attached hydrogen (secondary N) is 1. The monoisotopic (exact) mass is 881 g/mol. The van der Waals surface area contributed by atoms with Crippen LogP contribution in [0.4, 0.5) is 4.79 Å². The zero-order valence-electron chi connectivity index (χ0n) is 36.2. The average Bonchev–Trinajstić information content (AvgIpc) is 3.28. The third-order valence-electron chi connectivity index (χ3n) is 14.5. The van der Waals surface area contributed by atoms with Crippen LogP contribution in [0, 0.1) is 16.7 Å². The van der Waals surface area contributed by atoms with Crippen molar-refractivity contribution in [1.29, 1.82) is 0 Å². The van der Waals surface area contributed by atoms with E-state index in [0.717, 1.165) is 7.11 Å². The normalized spacial score (nSPS) is 34.3. The summed E-state index contributed by atoms with van der Waals surface area (Å²) in [7, 11) is 2.44. The Balaban J connectivity index is 1.30. The number of carbonyl (C=O) groups excluding carboxylic acids is 6. The number of hydrogen-bond donors (Lipinski definition) is 3. The van der Waals surface area contributed by atoms with Gasteiger partial charge in [-0.1, -0.05) is 73.7 Å². The van der Waals surface area contributed by atoms with Crippen molar-refractivity contribution in [3.63, 3.8) is 0 Å². The molecule has 1 amide bonds. The number of ether oxygens (including phenoxy) is 7. The topological polar surface area (TPSA) is 220 Å². The quantitative estimate of drug-likeness (QED) is 0.138. The molecule has 4 bridgehead atoms. The van der Waals surface area contributed by atoms with E-state index in [9.17, 15) is 34.2 Å². The lowest BCUT2D eigenvalue weighted by Crippen LogP contribution is -2.91. The van der Waals surface area contributed by atoms with Crippen molar-refractivity contribution in [2.75, 3.05) is 20.8 Å². The van der Waals surface area contributed by atoms with Crippen molar-refractivity contribution in [3.8, 4) is 0 Å². The van der Waals surface area contributed by atoms with E-state index >= 15 is 4.79 Å². The number of Topliss-reactive ketones (excluding diaryl/α,β-unsaturated/α-hetero) is 1. The maximum Gasteiger partial charge on any atom is 0.509 e. The van der Waals surface area contributed by atoms with Gasteiger partial charge in [-0.15, -0.1) is 0 Å². The summed E-state index contributed by atoms with van der Waals surface area (Å²) in [6, 6.07) is 23.2. The standard InChI is InChI=1S/C48H51NO15/c1-26-31(61-41(55)36(51)35(28-16-10-7-11-17-28)49-39(53)29-18-12-8-13-19-29)23-48(57)44(3)24-47(48,64-40(54)30-20-14-9-15-21-30)42-45(4,38(52)37(34(26)44)62-43(56)59-6)32(58-5)22-33-46(42,25-60-33)63-27(2)50/h7-21,31-33,35-37,42,51,57H,22-25H2,1-6H3,(H,49,53)/t31-,32-,33+,35-,36+,37+,42-,44-,45-,46-,47+,48-/m0/s1. The van der Waals surface area contributed by atoms with Gasteiger partial charge in [0.1, 0.15) is 17.8 Å². The van der Waals surface area contributed by atoms with E-state index in [1.807, 2.05) is 0 Å². The van der Waals surface area contributed by atoms with Gasteiger partial charge < -0.3 is 48.7 Å². The van der Waals surface area contributed by atoms with E-state index in [-0.39, 0.29) is 41.7 Å². The van der Waals surface area contributed by atoms with Crippen molar-refractivity contribution in [2.45, 2.75) is 100 Å². The van der Waals surface area contributed by atoms with Crippen LogP contribution in [-0.2, 0) is 47.5 Å². The van der Waals surface area contributed by atoms with Gasteiger partial charge in [0.05, 0.1) is 42.8 Å². The maximum absolute atomic E-state index is 15.8. The lowest BCUT2D eigenvalue weighted by Gasteiger charge is -2.78. The number of aliphatic hydroxyl groups excluding tert-OH is 1. The molecule has 0 radical (unpaired) electrons. The molecule has 6 aliphatic rings. The number of ketones is 1. The zero-order chi connectivity index (χ0) is 46.0. The highest BCUT2D eigenvalue weighted by atomic mass is 16.7. The second-order valence-electron chi connectivity index (χ2n) is 17.8. The molecule has 338 valence electrons. The van der Waals surface area contributed by atoms with Gasteiger partial charge >= 0.3 is 24.1 Å². The van der Waals surface area contributed by atoms with Crippen molar-refractivity contribution in [1.82, 2.24) is 5.32 Å². The molecule has 5 aliphatic carbocycles. The van der Waals surface area contributed by atoms with Crippen LogP contribution < -0.4 is 5.32 Å². The van der Waals surface area contributed by atoms with Gasteiger partial charge in [0.25, 0.3) is 5.91 Å². The van der Waals surface area contributed by atoms with Crippen LogP contribution in [0.3, 0.4) is 0 Å². The lowest BCUT2D eigenvalue weighted by atomic mass is 9.31. The minimum Gasteiger partial charge on any atom is -0.456 e. The molecule has 0 spiro atoms. The van der Waals surface area contributed by atoms with Gasteiger partial charge in [-0.3, -0.25) is 14.4 Å². The third kappa shape index (κ3) is 6.55. The van der Waals surface area contributed by atoms with Crippen molar-refractivity contribution < 1.29 is 72.1 Å². The summed E-state index contributed by atoms with van der Waals surface area (Å²) in [5.74, 6) is -5.61. The SMILES string of the molecule is COC(=O)O[C@H]1C(=O)[C@]2(C)[C@@H](OC)C[C@H]3OC[C@@]3(OC(C)=O)[C@H]2[C@]2(OC(=O)c3ccccc3)C[C@@]3(C)C1=C(C)[C@@H](OC(=O)[C@H](O)[C@@H](NC(=O)c1ccccc1)c1ccccc1)C[C@]32O. The van der Waals surface area contributed by atoms with Crippen LogP contribution in [-0.4, -0.2) is 114 Å². The number of hydrogen-bond acceptors (Lipinski definition) is 15. The summed E-state index contributed by atoms with van der Waals surface area (Å²) in [6.45, 7) is 5.67. The van der Waals surface area contributed by atoms with Gasteiger partial charge in [-0.2, -0.15) is 0 Å². The highest BCUT2D eigenvalue weighted by Crippen LogP contribution is 2.77. The van der Waals surface area contributed by atoms with Crippen LogP contribution in [0.15, 0.2) is 102 Å². The number of aliphatic hydroxyl groups is 2. The lowest BCUT2D eigenvalue weighted by molar-refractivity contribution is -0.404. The van der Waals surface area contributed by atoms with Gasteiger partial charge in [0.2, 0.25) is 0 Å². The molecule has 4 saturated carbocycles. The number of benzene rings is 3. The predicted octanol–water partition coefficient (Wildman–Crippen LogP) is 4.36. The van der Waals surface area contributed by atoms with Crippen molar-refractivity contribution >= 4 is 35.8 Å². The van der Waals surface area contributed by atoms with Crippen LogP contribution in [0.2, 0.25) is 0 Å². The zero-order valence-corrected chi connectivity index (χ0v) is 36.2. The molecule has 0 aromatic heterocycles. The third-order valence-corrected chi connectivity index (χ3v) is 14.5. The fraction of sp³-hybridized carbons (Fsp3) is 0.458. The molecule has 1 saturated heterocycles. The Morgan fingerprint density at radius 3 is 2.03 bits per heavy atom. The molecule has 1 aliphatic heterocycles. The number of methoxy groups -OCH3 is 2. The Morgan fingerprint density at radius 1 is 0.859 bits per heavy atom. The molecule has 3 aromatic rings. The Labute approximate surface area is 369 Å². The highest BCUT2D eigenvalue weighted by Gasteiger charge is 2.89. The minimum atomic E-state index is -2.30. The minimum absolute atomic E-state index is 0.0193. The first-order valence-corrected chi connectivity index (χ1v) is 21.1. The van der Waals surface area contributed by atoms with E-state index < -0.39 is 112 Å². The first-order valence-electron chi connectivity index (χ1n) is 21.1. The Hall–Kier alpha value is -5.94. The van der Waals surface area contributed by atoms with E-state index in [0.29, 0.717) is 5.56 Å². The largest absolute Gasteiger partial charge is 0.509 e. The average molecular weight is 882 g/mol. The van der Waals surface area contributed by atoms with Gasteiger partial charge in [0, 0.05) is 44.3 Å². The summed E-state index contributed by atoms with van der Waals surface area (Å²) in [5.41, 5.74) is -8.56. The first-order chi connectivity index (χ1) is 30.4.